The van der Waals surface area contributed by atoms with Gasteiger partial charge in [0, 0.05) is 25.9 Å². The van der Waals surface area contributed by atoms with Gasteiger partial charge in [-0.1, -0.05) is 135 Å². The first-order chi connectivity index (χ1) is 11.8. The Balaban J connectivity index is 3.28. The predicted molar refractivity (Wildman–Crippen MR) is 125 cm³/mol. The van der Waals surface area contributed by atoms with E-state index in [-0.39, 0.29) is 7.83 Å². The van der Waals surface area contributed by atoms with E-state index in [0.717, 1.165) is 0 Å². The molecule has 0 aromatic rings. The summed E-state index contributed by atoms with van der Waals surface area (Å²) in [5.74, 6) is 0. The van der Waals surface area contributed by atoms with Crippen LogP contribution in [0.1, 0.15) is 117 Å². The van der Waals surface area contributed by atoms with Crippen LogP contribution in [0.15, 0.2) is 0 Å². The van der Waals surface area contributed by atoms with E-state index in [4.69, 9.17) is 0 Å². The van der Waals surface area contributed by atoms with Crippen LogP contribution in [0.2, 0.25) is 18.6 Å². The Labute approximate surface area is 161 Å². The second-order valence-corrected chi connectivity index (χ2v) is 27.1. The minimum absolute atomic E-state index is 0.0795. The molecule has 0 N–H and O–H groups in total. The van der Waals surface area contributed by atoms with Crippen molar-refractivity contribution in [3.63, 3.8) is 0 Å². The van der Waals surface area contributed by atoms with E-state index in [1.165, 1.54) is 77.0 Å². The van der Waals surface area contributed by atoms with Gasteiger partial charge in [0.05, 0.1) is 0 Å². The first-order valence-corrected chi connectivity index (χ1v) is 21.6. The maximum Gasteiger partial charge on any atom is 0.0125 e. The lowest BCUT2D eigenvalue weighted by molar-refractivity contribution is 0.584. The summed E-state index contributed by atoms with van der Waals surface area (Å²) in [6.07, 6.45) is 24.1. The van der Waals surface area contributed by atoms with Crippen molar-refractivity contribution in [2.24, 2.45) is 0 Å². The van der Waals surface area contributed by atoms with Crippen molar-refractivity contribution >= 4 is 25.9 Å². The van der Waals surface area contributed by atoms with Gasteiger partial charge >= 0.3 is 0 Å². The molecule has 0 saturated carbocycles. The minimum atomic E-state index is -0.0795. The topological polar surface area (TPSA) is 0 Å². The quantitative estimate of drug-likeness (QED) is 0.170. The highest BCUT2D eigenvalue weighted by Crippen LogP contribution is 2.12. The minimum Gasteiger partial charge on any atom is -0.0771 e. The number of hydrogen-bond acceptors (Lipinski definition) is 0. The Kier molecular flexibility index (Phi) is 22.3. The molecule has 0 rings (SSSR count). The summed E-state index contributed by atoms with van der Waals surface area (Å²) < 4.78 is 0. The van der Waals surface area contributed by atoms with Crippen LogP contribution in [0, 0.1) is 0 Å². The standard InChI is InChI=1S/C21H50Si3/c1-4-6-8-10-12-14-16-18-20-23-24(22-3)21-19-17-15-13-11-9-7-5-2/h24H,4-23H2,1-3H3. The molecule has 0 fully saturated rings. The highest BCUT2D eigenvalue weighted by atomic mass is 29.6. The van der Waals surface area contributed by atoms with Gasteiger partial charge in [0.1, 0.15) is 0 Å². The predicted octanol–water partition coefficient (Wildman–Crippen LogP) is 6.29. The number of hydrogen-bond donors (Lipinski definition) is 0. The molecule has 24 heavy (non-hydrogen) atoms. The molecular formula is C21H50Si3. The average Bonchev–Trinajstić information content (AvgIpc) is 2.60. The molecule has 0 aromatic carbocycles. The highest BCUT2D eigenvalue weighted by Gasteiger charge is 2.08. The van der Waals surface area contributed by atoms with Crippen LogP contribution in [0.4, 0.5) is 0 Å². The van der Waals surface area contributed by atoms with Crippen LogP contribution in [-0.4, -0.2) is 25.9 Å². The fourth-order valence-corrected chi connectivity index (χ4v) is 21.0. The summed E-state index contributed by atoms with van der Waals surface area (Å²) in [6.45, 7) is 7.27. The van der Waals surface area contributed by atoms with Crippen LogP contribution < -0.4 is 0 Å². The smallest absolute Gasteiger partial charge is 0.0125 e. The summed E-state index contributed by atoms with van der Waals surface area (Å²) >= 11 is 0. The van der Waals surface area contributed by atoms with Crippen molar-refractivity contribution in [2.75, 3.05) is 0 Å². The first-order valence-electron chi connectivity index (χ1n) is 11.8. The molecule has 0 spiro atoms. The van der Waals surface area contributed by atoms with Crippen molar-refractivity contribution in [3.8, 4) is 0 Å². The SMILES string of the molecule is CCCCCCCCCC[SiH2][SiH](CCCCCCCCCC)[SiH2]C. The molecule has 0 aromatic heterocycles. The third-order valence-electron chi connectivity index (χ3n) is 5.76. The van der Waals surface area contributed by atoms with Gasteiger partial charge in [0.25, 0.3) is 0 Å². The Morgan fingerprint density at radius 2 is 0.958 bits per heavy atom. The normalized spacial score (nSPS) is 13.6. The van der Waals surface area contributed by atoms with Crippen molar-refractivity contribution in [3.05, 3.63) is 0 Å². The summed E-state index contributed by atoms with van der Waals surface area (Å²) in [4.78, 5) is 0. The van der Waals surface area contributed by atoms with Crippen LogP contribution >= 0.6 is 0 Å². The second kappa shape index (κ2) is 21.7. The molecule has 1 unspecified atom stereocenters. The number of unbranched alkanes of at least 4 members (excludes halogenated alkanes) is 14. The molecular weight excluding hydrogens is 336 g/mol. The van der Waals surface area contributed by atoms with Gasteiger partial charge in [-0.05, 0) is 0 Å². The van der Waals surface area contributed by atoms with Gasteiger partial charge in [0.2, 0.25) is 0 Å². The van der Waals surface area contributed by atoms with Crippen LogP contribution in [0.25, 0.3) is 0 Å². The molecule has 0 heterocycles. The van der Waals surface area contributed by atoms with Crippen LogP contribution in [0.3, 0.4) is 0 Å². The van der Waals surface area contributed by atoms with E-state index in [0.29, 0.717) is 18.1 Å². The van der Waals surface area contributed by atoms with Crippen LogP contribution in [-0.2, 0) is 0 Å². The molecule has 3 heteroatoms. The van der Waals surface area contributed by atoms with Crippen molar-refractivity contribution in [2.45, 2.75) is 135 Å². The summed E-state index contributed by atoms with van der Waals surface area (Å²) in [7, 11) is 0.772. The lowest BCUT2D eigenvalue weighted by Crippen LogP contribution is -2.28. The van der Waals surface area contributed by atoms with Gasteiger partial charge in [0.15, 0.2) is 0 Å². The fraction of sp³-hybridized carbons (Fsp3) is 1.00. The molecule has 0 radical (unpaired) electrons. The largest absolute Gasteiger partial charge is 0.0771 e. The molecule has 1 atom stereocenters. The lowest BCUT2D eigenvalue weighted by atomic mass is 10.1. The zero-order chi connectivity index (χ0) is 17.7. The van der Waals surface area contributed by atoms with Gasteiger partial charge < -0.3 is 0 Å². The third-order valence-corrected chi connectivity index (χ3v) is 28.3. The zero-order valence-corrected chi connectivity index (χ0v) is 21.7. The average molecular weight is 387 g/mol. The van der Waals surface area contributed by atoms with Gasteiger partial charge in [-0.2, -0.15) is 0 Å². The monoisotopic (exact) mass is 386 g/mol. The van der Waals surface area contributed by atoms with Crippen molar-refractivity contribution in [1.82, 2.24) is 0 Å². The van der Waals surface area contributed by atoms with E-state index in [2.05, 4.69) is 20.4 Å². The van der Waals surface area contributed by atoms with Crippen molar-refractivity contribution < 1.29 is 0 Å². The molecule has 0 amide bonds. The van der Waals surface area contributed by atoms with Gasteiger partial charge in [-0.25, -0.2) is 0 Å². The molecule has 0 saturated heterocycles. The van der Waals surface area contributed by atoms with Crippen LogP contribution in [0.5, 0.6) is 0 Å². The Bertz CT molecular complexity index is 221. The molecule has 0 aliphatic rings. The number of rotatable bonds is 20. The van der Waals surface area contributed by atoms with E-state index in [1.807, 2.05) is 0 Å². The molecule has 0 aliphatic heterocycles. The molecule has 0 bridgehead atoms. The molecule has 0 nitrogen and oxygen atoms in total. The van der Waals surface area contributed by atoms with E-state index in [9.17, 15) is 0 Å². The zero-order valence-electron chi connectivity index (χ0n) is 17.7. The summed E-state index contributed by atoms with van der Waals surface area (Å²) in [5.41, 5.74) is 0. The third kappa shape index (κ3) is 19.0. The Morgan fingerprint density at radius 3 is 1.42 bits per heavy atom. The fourth-order valence-electron chi connectivity index (χ4n) is 3.86. The summed E-state index contributed by atoms with van der Waals surface area (Å²) in [5, 5.41) is 0. The maximum absolute atomic E-state index is 2.64. The second-order valence-electron chi connectivity index (χ2n) is 8.15. The lowest BCUT2D eigenvalue weighted by Gasteiger charge is -2.12. The van der Waals surface area contributed by atoms with E-state index < -0.39 is 0 Å². The summed E-state index contributed by atoms with van der Waals surface area (Å²) in [6, 6.07) is 3.49. The Hall–Kier alpha value is 0.651. The van der Waals surface area contributed by atoms with Gasteiger partial charge in [-0.3, -0.25) is 0 Å². The van der Waals surface area contributed by atoms with E-state index in [1.54, 1.807) is 37.8 Å². The van der Waals surface area contributed by atoms with E-state index >= 15 is 0 Å². The highest BCUT2D eigenvalue weighted by molar-refractivity contribution is 7.39. The van der Waals surface area contributed by atoms with Crippen molar-refractivity contribution in [1.29, 1.82) is 0 Å². The Morgan fingerprint density at radius 1 is 0.542 bits per heavy atom. The maximum atomic E-state index is 2.64. The molecule has 146 valence electrons. The first kappa shape index (κ1) is 24.7. The van der Waals surface area contributed by atoms with Gasteiger partial charge in [-0.15, -0.1) is 0 Å². The molecule has 0 aliphatic carbocycles.